The zero-order valence-electron chi connectivity index (χ0n) is 10.7. The third-order valence-electron chi connectivity index (χ3n) is 2.83. The average Bonchev–Trinajstić information content (AvgIpc) is 2.58. The summed E-state index contributed by atoms with van der Waals surface area (Å²) in [5.41, 5.74) is 5.29. The molecule has 1 aliphatic heterocycles. The Bertz CT molecular complexity index is 365. The minimum atomic E-state index is -0.478. The monoisotopic (exact) mass is 236 g/mol. The Kier molecular flexibility index (Phi) is 4.56. The van der Waals surface area contributed by atoms with E-state index in [4.69, 9.17) is 5.73 Å². The van der Waals surface area contributed by atoms with Crippen molar-refractivity contribution in [2.24, 2.45) is 17.6 Å². The number of likely N-dealkylation sites (tertiary alicyclic amines) is 1. The van der Waals surface area contributed by atoms with Crippen LogP contribution in [0.25, 0.3) is 0 Å². The van der Waals surface area contributed by atoms with Crippen LogP contribution in [0.3, 0.4) is 0 Å². The number of primary amides is 1. The second kappa shape index (κ2) is 5.72. The lowest BCUT2D eigenvalue weighted by Gasteiger charge is -2.23. The predicted molar refractivity (Wildman–Crippen MR) is 65.7 cm³/mol. The van der Waals surface area contributed by atoms with Gasteiger partial charge in [-0.2, -0.15) is 0 Å². The van der Waals surface area contributed by atoms with Gasteiger partial charge in [-0.25, -0.2) is 0 Å². The van der Waals surface area contributed by atoms with Gasteiger partial charge in [0, 0.05) is 24.8 Å². The van der Waals surface area contributed by atoms with E-state index < -0.39 is 11.9 Å². The maximum absolute atomic E-state index is 11.8. The van der Waals surface area contributed by atoms with Gasteiger partial charge in [0.1, 0.15) is 6.04 Å². The van der Waals surface area contributed by atoms with E-state index in [1.165, 1.54) is 0 Å². The molecule has 1 unspecified atom stereocenters. The van der Waals surface area contributed by atoms with E-state index in [0.29, 0.717) is 25.3 Å². The second-order valence-corrected chi connectivity index (χ2v) is 4.72. The highest BCUT2D eigenvalue weighted by molar-refractivity contribution is 5.88. The normalized spacial score (nSPS) is 21.3. The van der Waals surface area contributed by atoms with E-state index in [9.17, 15) is 9.59 Å². The summed E-state index contributed by atoms with van der Waals surface area (Å²) >= 11 is 0. The maximum atomic E-state index is 11.8. The Hall–Kier alpha value is -1.50. The van der Waals surface area contributed by atoms with Crippen molar-refractivity contribution in [1.82, 2.24) is 4.90 Å². The molecule has 0 aliphatic carbocycles. The topological polar surface area (TPSA) is 63.4 Å². The molecule has 4 nitrogen and oxygen atoms in total. The van der Waals surface area contributed by atoms with Gasteiger partial charge in [-0.15, -0.1) is 5.92 Å². The molecule has 1 saturated heterocycles. The highest BCUT2D eigenvalue weighted by Crippen LogP contribution is 2.21. The summed E-state index contributed by atoms with van der Waals surface area (Å²) < 4.78 is 0. The number of nitrogens with zero attached hydrogens (tertiary/aromatic N) is 1. The number of carbonyl (C=O) groups is 2. The van der Waals surface area contributed by atoms with Crippen molar-refractivity contribution in [3.63, 3.8) is 0 Å². The summed E-state index contributed by atoms with van der Waals surface area (Å²) in [4.78, 5) is 24.6. The number of hydrogen-bond acceptors (Lipinski definition) is 2. The molecule has 0 bridgehead atoms. The van der Waals surface area contributed by atoms with Crippen molar-refractivity contribution in [1.29, 1.82) is 0 Å². The number of nitrogens with two attached hydrogens (primary N) is 1. The van der Waals surface area contributed by atoms with Crippen molar-refractivity contribution in [3.05, 3.63) is 0 Å². The van der Waals surface area contributed by atoms with E-state index >= 15 is 0 Å². The molecule has 2 amide bonds. The van der Waals surface area contributed by atoms with Gasteiger partial charge in [0.15, 0.2) is 0 Å². The van der Waals surface area contributed by atoms with Crippen LogP contribution in [0.2, 0.25) is 0 Å². The fraction of sp³-hybridized carbons (Fsp3) is 0.692. The molecule has 1 aliphatic rings. The molecule has 2 atom stereocenters. The van der Waals surface area contributed by atoms with Crippen LogP contribution in [-0.2, 0) is 9.59 Å². The largest absolute Gasteiger partial charge is 0.368 e. The first-order chi connectivity index (χ1) is 7.95. The summed E-state index contributed by atoms with van der Waals surface area (Å²) in [6, 6.07) is -0.478. The predicted octanol–water partition coefficient (Wildman–Crippen LogP) is 0.758. The van der Waals surface area contributed by atoms with Gasteiger partial charge >= 0.3 is 0 Å². The molecule has 0 aromatic heterocycles. The van der Waals surface area contributed by atoms with Crippen LogP contribution >= 0.6 is 0 Å². The zero-order chi connectivity index (χ0) is 13.0. The highest BCUT2D eigenvalue weighted by Gasteiger charge is 2.35. The van der Waals surface area contributed by atoms with Gasteiger partial charge < -0.3 is 10.6 Å². The smallest absolute Gasteiger partial charge is 0.240 e. The van der Waals surface area contributed by atoms with Crippen LogP contribution in [0.1, 0.15) is 33.6 Å². The van der Waals surface area contributed by atoms with Crippen molar-refractivity contribution in [2.75, 3.05) is 6.54 Å². The number of carbonyl (C=O) groups excluding carboxylic acids is 2. The van der Waals surface area contributed by atoms with E-state index in [1.807, 2.05) is 20.8 Å². The van der Waals surface area contributed by atoms with Crippen LogP contribution in [-0.4, -0.2) is 29.3 Å². The molecule has 1 rings (SSSR count). The summed E-state index contributed by atoms with van der Waals surface area (Å²) in [5.74, 6) is 6.06. The first-order valence-corrected chi connectivity index (χ1v) is 6.05. The van der Waals surface area contributed by atoms with Crippen LogP contribution in [0, 0.1) is 23.7 Å². The summed E-state index contributed by atoms with van der Waals surface area (Å²) in [6.07, 6.45) is 0.967. The standard InChI is InChI=1S/C13H20N2O2/c1-4-11(13(14)17)15-8-10(7-12(15)16)6-5-9(2)3/h9-11H,4,7-8H2,1-3H3,(H2,14,17)/t10?,11-/m0/s1. The maximum Gasteiger partial charge on any atom is 0.240 e. The highest BCUT2D eigenvalue weighted by atomic mass is 16.2. The van der Waals surface area contributed by atoms with Crippen LogP contribution in [0.4, 0.5) is 0 Å². The van der Waals surface area contributed by atoms with Crippen molar-refractivity contribution >= 4 is 11.8 Å². The minimum absolute atomic E-state index is 0.0151. The van der Waals surface area contributed by atoms with Crippen molar-refractivity contribution in [3.8, 4) is 11.8 Å². The van der Waals surface area contributed by atoms with Crippen molar-refractivity contribution in [2.45, 2.75) is 39.7 Å². The summed E-state index contributed by atoms with van der Waals surface area (Å²) in [7, 11) is 0. The van der Waals surface area contributed by atoms with E-state index in [-0.39, 0.29) is 11.8 Å². The molecule has 0 radical (unpaired) electrons. The second-order valence-electron chi connectivity index (χ2n) is 4.72. The van der Waals surface area contributed by atoms with Crippen LogP contribution < -0.4 is 5.73 Å². The van der Waals surface area contributed by atoms with E-state index in [0.717, 1.165) is 0 Å². The summed E-state index contributed by atoms with van der Waals surface area (Å²) in [6.45, 7) is 6.41. The Balaban J connectivity index is 2.71. The van der Waals surface area contributed by atoms with Gasteiger partial charge in [0.2, 0.25) is 11.8 Å². The van der Waals surface area contributed by atoms with Crippen LogP contribution in [0.5, 0.6) is 0 Å². The number of rotatable bonds is 3. The van der Waals surface area contributed by atoms with Gasteiger partial charge in [0.05, 0.1) is 0 Å². The Labute approximate surface area is 103 Å². The minimum Gasteiger partial charge on any atom is -0.368 e. The molecular formula is C13H20N2O2. The SMILES string of the molecule is CC[C@@H](C(N)=O)N1CC(C#CC(C)C)CC1=O. The molecule has 0 spiro atoms. The lowest BCUT2D eigenvalue weighted by molar-refractivity contribution is -0.136. The number of amides is 2. The average molecular weight is 236 g/mol. The first kappa shape index (κ1) is 13.6. The molecule has 4 heteroatoms. The Morgan fingerprint density at radius 1 is 1.59 bits per heavy atom. The zero-order valence-corrected chi connectivity index (χ0v) is 10.7. The lowest BCUT2D eigenvalue weighted by atomic mass is 10.1. The van der Waals surface area contributed by atoms with Gasteiger partial charge in [0.25, 0.3) is 0 Å². The molecule has 0 aromatic carbocycles. The fourth-order valence-corrected chi connectivity index (χ4v) is 1.99. The third kappa shape index (κ3) is 3.48. The van der Waals surface area contributed by atoms with Gasteiger partial charge in [-0.05, 0) is 6.42 Å². The molecule has 0 saturated carbocycles. The van der Waals surface area contributed by atoms with E-state index in [1.54, 1.807) is 4.90 Å². The molecule has 1 fully saturated rings. The van der Waals surface area contributed by atoms with E-state index in [2.05, 4.69) is 11.8 Å². The Morgan fingerprint density at radius 3 is 2.71 bits per heavy atom. The van der Waals surface area contributed by atoms with Gasteiger partial charge in [-0.3, -0.25) is 9.59 Å². The van der Waals surface area contributed by atoms with Gasteiger partial charge in [-0.1, -0.05) is 26.7 Å². The quantitative estimate of drug-likeness (QED) is 0.735. The first-order valence-electron chi connectivity index (χ1n) is 6.05. The summed E-state index contributed by atoms with van der Waals surface area (Å²) in [5, 5.41) is 0. The van der Waals surface area contributed by atoms with Crippen LogP contribution in [0.15, 0.2) is 0 Å². The molecule has 17 heavy (non-hydrogen) atoms. The fourth-order valence-electron chi connectivity index (χ4n) is 1.99. The molecular weight excluding hydrogens is 216 g/mol. The van der Waals surface area contributed by atoms with Crippen molar-refractivity contribution < 1.29 is 9.59 Å². The molecule has 1 heterocycles. The Morgan fingerprint density at radius 2 is 2.24 bits per heavy atom. The lowest BCUT2D eigenvalue weighted by Crippen LogP contribution is -2.45. The number of hydrogen-bond donors (Lipinski definition) is 1. The molecule has 94 valence electrons. The third-order valence-corrected chi connectivity index (χ3v) is 2.83. The molecule has 2 N–H and O–H groups in total. The molecule has 0 aromatic rings.